The molecule has 0 unspecified atom stereocenters. The number of nitrogens with zero attached hydrogens (tertiary/aromatic N) is 2. The number of rotatable bonds is 4. The zero-order valence-corrected chi connectivity index (χ0v) is 11.0. The van der Waals surface area contributed by atoms with Crippen LogP contribution in [-0.2, 0) is 0 Å². The second-order valence-corrected chi connectivity index (χ2v) is 4.25. The maximum Gasteiger partial charge on any atom is 0.273 e. The molecule has 0 amide bonds. The molecule has 0 atom stereocenters. The maximum atomic E-state index is 11.1. The first-order valence-corrected chi connectivity index (χ1v) is 5.87. The number of ketones is 1. The van der Waals surface area contributed by atoms with Crippen LogP contribution >= 0.6 is 0 Å². The van der Waals surface area contributed by atoms with E-state index in [0.717, 1.165) is 5.56 Å². The Kier molecular flexibility index (Phi) is 3.74. The van der Waals surface area contributed by atoms with Gasteiger partial charge in [-0.1, -0.05) is 0 Å². The molecule has 2 rings (SSSR count). The molecule has 2 aromatic rings. The molecule has 0 aliphatic rings. The zero-order valence-electron chi connectivity index (χ0n) is 11.0. The summed E-state index contributed by atoms with van der Waals surface area (Å²) in [6.45, 7) is 3.23. The van der Waals surface area contributed by atoms with E-state index in [9.17, 15) is 14.9 Å². The van der Waals surface area contributed by atoms with Gasteiger partial charge in [0.05, 0.1) is 11.0 Å². The SMILES string of the molecule is CC(=O)c1ccc(Oc2cc([N+](=O)[O-])ccc2C)nc1. The minimum Gasteiger partial charge on any atom is -0.439 e. The molecule has 0 aliphatic heterocycles. The predicted octanol–water partition coefficient (Wildman–Crippen LogP) is 3.29. The molecule has 0 radical (unpaired) electrons. The first-order valence-electron chi connectivity index (χ1n) is 5.87. The lowest BCUT2D eigenvalue weighted by Gasteiger charge is -2.07. The second-order valence-electron chi connectivity index (χ2n) is 4.25. The standard InChI is InChI=1S/C14H12N2O4/c1-9-3-5-12(16(18)19)7-13(9)20-14-6-4-11(8-15-14)10(2)17/h3-8H,1-2H3. The number of nitro groups is 1. The summed E-state index contributed by atoms with van der Waals surface area (Å²) in [4.78, 5) is 25.4. The summed E-state index contributed by atoms with van der Waals surface area (Å²) < 4.78 is 5.51. The molecule has 1 aromatic heterocycles. The van der Waals surface area contributed by atoms with Gasteiger partial charge in [0.15, 0.2) is 5.78 Å². The molecule has 6 heteroatoms. The van der Waals surface area contributed by atoms with Crippen LogP contribution in [0, 0.1) is 17.0 Å². The van der Waals surface area contributed by atoms with Crippen molar-refractivity contribution in [3.05, 3.63) is 57.8 Å². The molecule has 0 aliphatic carbocycles. The molecule has 0 N–H and O–H groups in total. The monoisotopic (exact) mass is 272 g/mol. The van der Waals surface area contributed by atoms with Gasteiger partial charge in [0.1, 0.15) is 5.75 Å². The van der Waals surface area contributed by atoms with Crippen LogP contribution in [0.4, 0.5) is 5.69 Å². The van der Waals surface area contributed by atoms with Gasteiger partial charge in [-0.05, 0) is 31.5 Å². The Morgan fingerprint density at radius 1 is 1.30 bits per heavy atom. The lowest BCUT2D eigenvalue weighted by atomic mass is 10.2. The molecule has 1 aromatic carbocycles. The molecular weight excluding hydrogens is 260 g/mol. The number of hydrogen-bond donors (Lipinski definition) is 0. The van der Waals surface area contributed by atoms with Crippen LogP contribution in [0.15, 0.2) is 36.5 Å². The molecule has 20 heavy (non-hydrogen) atoms. The van der Waals surface area contributed by atoms with Crippen LogP contribution < -0.4 is 4.74 Å². The number of Topliss-reactive ketones (excluding diaryl/α,β-unsaturated/α-hetero) is 1. The van der Waals surface area contributed by atoms with Crippen molar-refractivity contribution in [3.63, 3.8) is 0 Å². The number of ether oxygens (including phenoxy) is 1. The van der Waals surface area contributed by atoms with Crippen molar-refractivity contribution in [2.45, 2.75) is 13.8 Å². The van der Waals surface area contributed by atoms with Gasteiger partial charge < -0.3 is 4.74 Å². The average molecular weight is 272 g/mol. The number of non-ortho nitro benzene ring substituents is 1. The van der Waals surface area contributed by atoms with Gasteiger partial charge in [0.2, 0.25) is 5.88 Å². The summed E-state index contributed by atoms with van der Waals surface area (Å²) >= 11 is 0. The smallest absolute Gasteiger partial charge is 0.273 e. The molecule has 0 spiro atoms. The Labute approximate surface area is 115 Å². The number of aryl methyl sites for hydroxylation is 1. The Bertz CT molecular complexity index is 665. The molecular formula is C14H12N2O4. The van der Waals surface area contributed by atoms with Gasteiger partial charge in [-0.2, -0.15) is 0 Å². The third kappa shape index (κ3) is 2.97. The normalized spacial score (nSPS) is 10.1. The summed E-state index contributed by atoms with van der Waals surface area (Å²) in [6.07, 6.45) is 1.41. The summed E-state index contributed by atoms with van der Waals surface area (Å²) in [6, 6.07) is 7.51. The van der Waals surface area contributed by atoms with Gasteiger partial charge in [-0.25, -0.2) is 4.98 Å². The molecule has 0 saturated carbocycles. The van der Waals surface area contributed by atoms with Gasteiger partial charge in [-0.3, -0.25) is 14.9 Å². The highest BCUT2D eigenvalue weighted by molar-refractivity contribution is 5.93. The van der Waals surface area contributed by atoms with Gasteiger partial charge >= 0.3 is 0 Å². The molecule has 102 valence electrons. The first-order chi connectivity index (χ1) is 9.47. The zero-order chi connectivity index (χ0) is 14.7. The van der Waals surface area contributed by atoms with Gasteiger partial charge in [-0.15, -0.1) is 0 Å². The van der Waals surface area contributed by atoms with Crippen LogP contribution in [0.2, 0.25) is 0 Å². The number of aromatic nitrogens is 1. The molecule has 0 fully saturated rings. The van der Waals surface area contributed by atoms with E-state index in [-0.39, 0.29) is 17.4 Å². The highest BCUT2D eigenvalue weighted by Crippen LogP contribution is 2.27. The van der Waals surface area contributed by atoms with Crippen molar-refractivity contribution in [1.29, 1.82) is 0 Å². The van der Waals surface area contributed by atoms with Crippen LogP contribution in [0.5, 0.6) is 11.6 Å². The molecule has 0 bridgehead atoms. The van der Waals surface area contributed by atoms with Crippen LogP contribution in [0.3, 0.4) is 0 Å². The molecule has 0 saturated heterocycles. The number of hydrogen-bond acceptors (Lipinski definition) is 5. The van der Waals surface area contributed by atoms with Crippen molar-refractivity contribution < 1.29 is 14.5 Å². The van der Waals surface area contributed by atoms with E-state index in [2.05, 4.69) is 4.98 Å². The van der Waals surface area contributed by atoms with Gasteiger partial charge in [0, 0.05) is 23.9 Å². The summed E-state index contributed by atoms with van der Waals surface area (Å²) in [5, 5.41) is 10.7. The molecule has 1 heterocycles. The lowest BCUT2D eigenvalue weighted by molar-refractivity contribution is -0.384. The number of nitro benzene ring substituents is 1. The fourth-order valence-corrected chi connectivity index (χ4v) is 1.57. The summed E-state index contributed by atoms with van der Waals surface area (Å²) in [5.74, 6) is 0.552. The number of pyridine rings is 1. The summed E-state index contributed by atoms with van der Waals surface area (Å²) in [7, 11) is 0. The van der Waals surface area contributed by atoms with Crippen LogP contribution in [-0.4, -0.2) is 15.7 Å². The quantitative estimate of drug-likeness (QED) is 0.484. The van der Waals surface area contributed by atoms with E-state index in [1.165, 1.54) is 25.3 Å². The Morgan fingerprint density at radius 3 is 2.60 bits per heavy atom. The average Bonchev–Trinajstić information content (AvgIpc) is 2.41. The fourth-order valence-electron chi connectivity index (χ4n) is 1.57. The second kappa shape index (κ2) is 5.48. The number of benzene rings is 1. The highest BCUT2D eigenvalue weighted by atomic mass is 16.6. The predicted molar refractivity (Wildman–Crippen MR) is 72.1 cm³/mol. The maximum absolute atomic E-state index is 11.1. The van der Waals surface area contributed by atoms with Crippen molar-refractivity contribution in [1.82, 2.24) is 4.98 Å². The minimum atomic E-state index is -0.488. The fraction of sp³-hybridized carbons (Fsp3) is 0.143. The van der Waals surface area contributed by atoms with Crippen molar-refractivity contribution in [2.75, 3.05) is 0 Å². The molecule has 6 nitrogen and oxygen atoms in total. The van der Waals surface area contributed by atoms with Crippen molar-refractivity contribution in [2.24, 2.45) is 0 Å². The minimum absolute atomic E-state index is 0.0500. The van der Waals surface area contributed by atoms with Crippen LogP contribution in [0.25, 0.3) is 0 Å². The van der Waals surface area contributed by atoms with E-state index >= 15 is 0 Å². The van der Waals surface area contributed by atoms with Crippen LogP contribution in [0.1, 0.15) is 22.8 Å². The van der Waals surface area contributed by atoms with E-state index < -0.39 is 4.92 Å². The largest absolute Gasteiger partial charge is 0.439 e. The third-order valence-electron chi connectivity index (χ3n) is 2.74. The van der Waals surface area contributed by atoms with Crippen molar-refractivity contribution in [3.8, 4) is 11.6 Å². The topological polar surface area (TPSA) is 82.3 Å². The number of carbonyl (C=O) groups excluding carboxylic acids is 1. The highest BCUT2D eigenvalue weighted by Gasteiger charge is 2.11. The van der Waals surface area contributed by atoms with Gasteiger partial charge in [0.25, 0.3) is 5.69 Å². The first kappa shape index (κ1) is 13.7. The van der Waals surface area contributed by atoms with Crippen molar-refractivity contribution >= 4 is 11.5 Å². The summed E-state index contributed by atoms with van der Waals surface area (Å²) in [5.41, 5.74) is 1.19. The van der Waals surface area contributed by atoms with E-state index in [1.54, 1.807) is 25.1 Å². The lowest BCUT2D eigenvalue weighted by Crippen LogP contribution is -1.96. The third-order valence-corrected chi connectivity index (χ3v) is 2.74. The van der Waals surface area contributed by atoms with E-state index in [0.29, 0.717) is 11.3 Å². The Hall–Kier alpha value is -2.76. The van der Waals surface area contributed by atoms with E-state index in [1.807, 2.05) is 0 Å². The Balaban J connectivity index is 2.27. The number of carbonyl (C=O) groups is 1. The Morgan fingerprint density at radius 2 is 2.05 bits per heavy atom. The van der Waals surface area contributed by atoms with E-state index in [4.69, 9.17) is 4.74 Å².